The van der Waals surface area contributed by atoms with Gasteiger partial charge >= 0.3 is 12.6 Å². The Bertz CT molecular complexity index is 121. The Labute approximate surface area is 41.1 Å². The van der Waals surface area contributed by atoms with Gasteiger partial charge in [0.1, 0.15) is 0 Å². The molecule has 0 aromatic carbocycles. The van der Waals surface area contributed by atoms with Crippen LogP contribution >= 0.6 is 0 Å². The third-order valence-corrected chi connectivity index (χ3v) is 1.07. The highest BCUT2D eigenvalue weighted by Crippen LogP contribution is 2.22. The number of epoxide rings is 1. The van der Waals surface area contributed by atoms with Crippen LogP contribution in [0.2, 0.25) is 0 Å². The van der Waals surface area contributed by atoms with Crippen molar-refractivity contribution in [3.63, 3.8) is 0 Å². The van der Waals surface area contributed by atoms with E-state index < -0.39 is 0 Å². The molecule has 0 N–H and O–H groups in total. The highest BCUT2D eigenvalue weighted by molar-refractivity contribution is 5.66. The molecule has 36 valence electrons. The van der Waals surface area contributed by atoms with Gasteiger partial charge in [0.25, 0.3) is 0 Å². The lowest BCUT2D eigenvalue weighted by molar-refractivity contribution is -0.491. The first-order chi connectivity index (χ1) is 3.47. The zero-order valence-corrected chi connectivity index (χ0v) is 3.70. The zero-order chi connectivity index (χ0) is 4.69. The van der Waals surface area contributed by atoms with Crippen LogP contribution in [-0.4, -0.2) is 18.7 Å². The van der Waals surface area contributed by atoms with Crippen LogP contribution in [0.1, 0.15) is 0 Å². The number of hydrogen-bond acceptors (Lipinski definition) is 1. The van der Waals surface area contributed by atoms with E-state index in [4.69, 9.17) is 9.16 Å². The van der Waals surface area contributed by atoms with Crippen LogP contribution in [-0.2, 0) is 9.16 Å². The predicted octanol–water partition coefficient (Wildman–Crippen LogP) is 0.0157. The molecule has 2 rings (SSSR count). The molecule has 0 aliphatic carbocycles. The minimum absolute atomic E-state index is 0.0602. The van der Waals surface area contributed by atoms with E-state index in [2.05, 4.69) is 0 Å². The minimum atomic E-state index is 0.0602. The first-order valence-electron chi connectivity index (χ1n) is 2.28. The fourth-order valence-corrected chi connectivity index (χ4v) is 0.633. The molecule has 2 atom stereocenters. The van der Waals surface area contributed by atoms with Gasteiger partial charge in [-0.15, -0.1) is 0 Å². The molecule has 2 unspecified atom stereocenters. The van der Waals surface area contributed by atoms with Crippen LogP contribution in [0.15, 0.2) is 12.2 Å². The van der Waals surface area contributed by atoms with Gasteiger partial charge in [0, 0.05) is 6.08 Å². The van der Waals surface area contributed by atoms with Crippen molar-refractivity contribution in [3.8, 4) is 0 Å². The molecule has 1 fully saturated rings. The van der Waals surface area contributed by atoms with E-state index in [0.717, 1.165) is 0 Å². The molecule has 0 aromatic rings. The fraction of sp³-hybridized carbons (Fsp3) is 0.400. The summed E-state index contributed by atoms with van der Waals surface area (Å²) in [4.78, 5) is 0. The summed E-state index contributed by atoms with van der Waals surface area (Å²) in [7, 11) is 0. The highest BCUT2D eigenvalue weighted by Gasteiger charge is 2.49. The van der Waals surface area contributed by atoms with Crippen LogP contribution < -0.4 is 0 Å². The Morgan fingerprint density at radius 2 is 2.57 bits per heavy atom. The second-order valence-electron chi connectivity index (χ2n) is 1.63. The molecule has 0 saturated carbocycles. The number of allylic oxidation sites excluding steroid dienone is 1. The van der Waals surface area contributed by atoms with Crippen molar-refractivity contribution < 1.29 is 9.16 Å². The summed E-state index contributed by atoms with van der Waals surface area (Å²) < 4.78 is 9.86. The first-order valence-corrected chi connectivity index (χ1v) is 2.28. The predicted molar refractivity (Wildman–Crippen MR) is 23.9 cm³/mol. The van der Waals surface area contributed by atoms with Gasteiger partial charge in [-0.3, -0.25) is 4.74 Å². The Morgan fingerprint density at radius 1 is 1.57 bits per heavy atom. The van der Waals surface area contributed by atoms with Gasteiger partial charge in [-0.1, -0.05) is 0 Å². The average Bonchev–Trinajstić information content (AvgIpc) is 2.41. The molecule has 2 heterocycles. The summed E-state index contributed by atoms with van der Waals surface area (Å²) >= 11 is 0. The number of aldehydes is 1. The maximum absolute atomic E-state index is 4.94. The second-order valence-corrected chi connectivity index (χ2v) is 1.63. The molecule has 2 aliphatic rings. The van der Waals surface area contributed by atoms with Gasteiger partial charge in [0.05, 0.1) is 0 Å². The van der Waals surface area contributed by atoms with Gasteiger partial charge < -0.3 is 0 Å². The smallest absolute Gasteiger partial charge is 0.274 e. The van der Waals surface area contributed by atoms with Gasteiger partial charge in [0.2, 0.25) is 6.10 Å². The maximum atomic E-state index is 4.94. The standard InChI is InChI=1S/C5H5O2/c1-2-4-5(7-4)6-3-1/h1-5H/q+1. The summed E-state index contributed by atoms with van der Waals surface area (Å²) in [6, 6.07) is 0. The molecule has 2 nitrogen and oxygen atoms in total. The van der Waals surface area contributed by atoms with Gasteiger partial charge in [-0.2, -0.15) is 0 Å². The number of fused-ring (bicyclic) bond motifs is 1. The SMILES string of the molecule is C1=CC2OC2[O+]=C1. The molecule has 1 saturated heterocycles. The van der Waals surface area contributed by atoms with E-state index in [1.165, 1.54) is 0 Å². The molecule has 2 heteroatoms. The Hall–Kier alpha value is -0.630. The van der Waals surface area contributed by atoms with Crippen molar-refractivity contribution in [2.45, 2.75) is 12.4 Å². The Kier molecular flexibility index (Phi) is 0.461. The van der Waals surface area contributed by atoms with E-state index in [9.17, 15) is 0 Å². The molecule has 0 spiro atoms. The number of hydrogen-bond donors (Lipinski definition) is 0. The molecule has 7 heavy (non-hydrogen) atoms. The maximum Gasteiger partial charge on any atom is 0.411 e. The Balaban J connectivity index is 2.28. The molecule has 0 radical (unpaired) electrons. The van der Waals surface area contributed by atoms with E-state index in [1.807, 2.05) is 12.2 Å². The largest absolute Gasteiger partial charge is 0.411 e. The van der Waals surface area contributed by atoms with Gasteiger partial charge in [-0.25, -0.2) is 4.42 Å². The molecular weight excluding hydrogens is 92.1 g/mol. The van der Waals surface area contributed by atoms with Crippen LogP contribution in [0, 0.1) is 0 Å². The number of rotatable bonds is 0. The topological polar surface area (TPSA) is 23.8 Å². The van der Waals surface area contributed by atoms with E-state index in [0.29, 0.717) is 0 Å². The quantitative estimate of drug-likeness (QED) is 0.237. The minimum Gasteiger partial charge on any atom is -0.274 e. The molecular formula is C5H5O2+. The van der Waals surface area contributed by atoms with Crippen molar-refractivity contribution in [2.75, 3.05) is 0 Å². The van der Waals surface area contributed by atoms with Crippen molar-refractivity contribution in [2.24, 2.45) is 0 Å². The van der Waals surface area contributed by atoms with Crippen molar-refractivity contribution in [1.29, 1.82) is 0 Å². The number of carbonyl (C=O) groups excluding carboxylic acids is 1. The summed E-state index contributed by atoms with van der Waals surface area (Å²) in [5.41, 5.74) is 0. The molecule has 0 aromatic heterocycles. The monoisotopic (exact) mass is 97.0 g/mol. The lowest BCUT2D eigenvalue weighted by Crippen LogP contribution is -1.95. The first kappa shape index (κ1) is 3.38. The van der Waals surface area contributed by atoms with E-state index >= 15 is 0 Å². The summed E-state index contributed by atoms with van der Waals surface area (Å²) in [6.45, 7) is 0. The fourth-order valence-electron chi connectivity index (χ4n) is 0.633. The lowest BCUT2D eigenvalue weighted by atomic mass is 10.4. The van der Waals surface area contributed by atoms with E-state index in [-0.39, 0.29) is 12.4 Å². The van der Waals surface area contributed by atoms with Crippen LogP contribution in [0.4, 0.5) is 0 Å². The third-order valence-electron chi connectivity index (χ3n) is 1.07. The molecule has 0 amide bonds. The van der Waals surface area contributed by atoms with Crippen LogP contribution in [0.25, 0.3) is 0 Å². The Morgan fingerprint density at radius 3 is 3.14 bits per heavy atom. The van der Waals surface area contributed by atoms with Crippen LogP contribution in [0.3, 0.4) is 0 Å². The summed E-state index contributed by atoms with van der Waals surface area (Å²) in [6.07, 6.45) is 5.81. The highest BCUT2D eigenvalue weighted by atomic mass is 16.7. The number of ether oxygens (including phenoxy) is 1. The normalized spacial score (nSPS) is 43.4. The van der Waals surface area contributed by atoms with Crippen molar-refractivity contribution >= 4 is 6.29 Å². The van der Waals surface area contributed by atoms with Crippen molar-refractivity contribution in [1.82, 2.24) is 0 Å². The lowest BCUT2D eigenvalue weighted by Gasteiger charge is -1.70. The summed E-state index contributed by atoms with van der Waals surface area (Å²) in [5, 5.41) is 0. The molecule has 2 aliphatic heterocycles. The zero-order valence-electron chi connectivity index (χ0n) is 3.70. The average molecular weight is 97.1 g/mol. The van der Waals surface area contributed by atoms with E-state index in [1.54, 1.807) is 6.29 Å². The van der Waals surface area contributed by atoms with Gasteiger partial charge in [0.15, 0.2) is 0 Å². The third kappa shape index (κ3) is 0.399. The van der Waals surface area contributed by atoms with Gasteiger partial charge in [-0.05, 0) is 6.08 Å². The van der Waals surface area contributed by atoms with Crippen molar-refractivity contribution in [3.05, 3.63) is 12.2 Å². The van der Waals surface area contributed by atoms with Crippen LogP contribution in [0.5, 0.6) is 0 Å². The molecule has 0 bridgehead atoms. The second kappa shape index (κ2) is 0.954. The summed E-state index contributed by atoms with van der Waals surface area (Å²) in [5.74, 6) is 0.